The summed E-state index contributed by atoms with van der Waals surface area (Å²) >= 11 is 0. The smallest absolute Gasteiger partial charge is 0.231 e. The second-order valence-corrected chi connectivity index (χ2v) is 7.89. The number of aryl methyl sites for hydroxylation is 1. The van der Waals surface area contributed by atoms with E-state index in [-0.39, 0.29) is 18.6 Å². The molecule has 0 aliphatic carbocycles. The predicted octanol–water partition coefficient (Wildman–Crippen LogP) is 4.60. The highest BCUT2D eigenvalue weighted by molar-refractivity contribution is 5.88. The first-order valence-electron chi connectivity index (χ1n) is 10.5. The quantitative estimate of drug-likeness (QED) is 0.692. The summed E-state index contributed by atoms with van der Waals surface area (Å²) in [5.41, 5.74) is 4.72. The lowest BCUT2D eigenvalue weighted by Gasteiger charge is -2.22. The van der Waals surface area contributed by atoms with Crippen molar-refractivity contribution < 1.29 is 14.3 Å². The summed E-state index contributed by atoms with van der Waals surface area (Å²) in [5.74, 6) is 1.73. The van der Waals surface area contributed by atoms with Crippen LogP contribution in [0.25, 0.3) is 10.9 Å². The van der Waals surface area contributed by atoms with Crippen LogP contribution in [0.1, 0.15) is 48.8 Å². The number of ether oxygens (including phenoxy) is 2. The van der Waals surface area contributed by atoms with E-state index in [1.54, 1.807) is 0 Å². The third-order valence-corrected chi connectivity index (χ3v) is 6.23. The van der Waals surface area contributed by atoms with Crippen molar-refractivity contribution in [1.82, 2.24) is 9.88 Å². The summed E-state index contributed by atoms with van der Waals surface area (Å²) in [6.07, 6.45) is 5.72. The third kappa shape index (κ3) is 3.24. The van der Waals surface area contributed by atoms with Crippen LogP contribution in [-0.4, -0.2) is 35.7 Å². The molecule has 0 spiro atoms. The number of rotatable bonds is 5. The van der Waals surface area contributed by atoms with Crippen molar-refractivity contribution in [2.24, 2.45) is 0 Å². The molecular weight excluding hydrogens is 364 g/mol. The zero-order valence-corrected chi connectivity index (χ0v) is 16.7. The number of nitrogens with zero attached hydrogens (tertiary/aromatic N) is 1. The fourth-order valence-electron chi connectivity index (χ4n) is 4.63. The average molecular weight is 390 g/mol. The van der Waals surface area contributed by atoms with Crippen LogP contribution >= 0.6 is 0 Å². The second kappa shape index (κ2) is 7.47. The number of hydrogen-bond donors (Lipinski definition) is 1. The zero-order chi connectivity index (χ0) is 19.8. The van der Waals surface area contributed by atoms with Crippen molar-refractivity contribution in [3.63, 3.8) is 0 Å². The number of likely N-dealkylation sites (tertiary alicyclic amines) is 1. The van der Waals surface area contributed by atoms with Gasteiger partial charge in [-0.1, -0.05) is 31.2 Å². The number of aromatic amines is 1. The Kier molecular flexibility index (Phi) is 4.66. The minimum Gasteiger partial charge on any atom is -0.454 e. The first-order chi connectivity index (χ1) is 14.2. The molecule has 5 heteroatoms. The summed E-state index contributed by atoms with van der Waals surface area (Å²) < 4.78 is 11.1. The fraction of sp³-hybridized carbons (Fsp3) is 0.375. The van der Waals surface area contributed by atoms with Crippen LogP contribution < -0.4 is 9.47 Å². The molecule has 1 amide bonds. The van der Waals surface area contributed by atoms with Gasteiger partial charge in [0.2, 0.25) is 12.7 Å². The van der Waals surface area contributed by atoms with E-state index >= 15 is 0 Å². The van der Waals surface area contributed by atoms with Crippen molar-refractivity contribution in [3.8, 4) is 11.5 Å². The van der Waals surface area contributed by atoms with Gasteiger partial charge in [0.15, 0.2) is 11.5 Å². The van der Waals surface area contributed by atoms with Crippen LogP contribution in [0, 0.1) is 0 Å². The molecule has 2 aliphatic rings. The minimum absolute atomic E-state index is 0.0292. The van der Waals surface area contributed by atoms with Gasteiger partial charge in [0, 0.05) is 42.5 Å². The molecule has 3 heterocycles. The molecule has 5 rings (SSSR count). The molecular formula is C24H26N2O3. The Morgan fingerprint density at radius 3 is 2.79 bits per heavy atom. The molecule has 1 fully saturated rings. The van der Waals surface area contributed by atoms with E-state index in [1.807, 2.05) is 17.0 Å². The molecule has 1 atom stereocenters. The first kappa shape index (κ1) is 18.1. The van der Waals surface area contributed by atoms with Gasteiger partial charge >= 0.3 is 0 Å². The van der Waals surface area contributed by atoms with Crippen molar-refractivity contribution in [1.29, 1.82) is 0 Å². The Labute approximate surface area is 170 Å². The first-order valence-corrected chi connectivity index (χ1v) is 10.5. The number of aromatic nitrogens is 1. The van der Waals surface area contributed by atoms with Crippen LogP contribution in [0.15, 0.2) is 42.6 Å². The van der Waals surface area contributed by atoms with Gasteiger partial charge in [-0.25, -0.2) is 0 Å². The van der Waals surface area contributed by atoms with Gasteiger partial charge in [-0.15, -0.1) is 0 Å². The monoisotopic (exact) mass is 390 g/mol. The van der Waals surface area contributed by atoms with Crippen molar-refractivity contribution in [2.75, 3.05) is 19.9 Å². The largest absolute Gasteiger partial charge is 0.454 e. The molecule has 2 aromatic carbocycles. The number of nitrogens with one attached hydrogen (secondary N) is 1. The van der Waals surface area contributed by atoms with E-state index in [0.717, 1.165) is 49.4 Å². The number of amides is 1. The summed E-state index contributed by atoms with van der Waals surface area (Å²) in [4.78, 5) is 18.6. The molecule has 0 bridgehead atoms. The molecule has 1 N–H and O–H groups in total. The molecule has 3 aromatic rings. The van der Waals surface area contributed by atoms with E-state index in [2.05, 4.69) is 42.4 Å². The lowest BCUT2D eigenvalue weighted by molar-refractivity contribution is -0.130. The number of carbonyl (C=O) groups excluding carboxylic acids is 1. The maximum Gasteiger partial charge on any atom is 0.231 e. The predicted molar refractivity (Wildman–Crippen MR) is 113 cm³/mol. The van der Waals surface area contributed by atoms with Crippen molar-refractivity contribution in [3.05, 3.63) is 59.3 Å². The molecule has 29 heavy (non-hydrogen) atoms. The van der Waals surface area contributed by atoms with Gasteiger partial charge < -0.3 is 19.4 Å². The van der Waals surface area contributed by atoms with Crippen LogP contribution in [0.5, 0.6) is 11.5 Å². The Bertz CT molecular complexity index is 1050. The number of hydrogen-bond acceptors (Lipinski definition) is 3. The van der Waals surface area contributed by atoms with Crippen LogP contribution in [0.3, 0.4) is 0 Å². The van der Waals surface area contributed by atoms with E-state index < -0.39 is 0 Å². The van der Waals surface area contributed by atoms with E-state index in [9.17, 15) is 4.79 Å². The number of H-pyrrole nitrogens is 1. The summed E-state index contributed by atoms with van der Waals surface area (Å²) in [6, 6.07) is 12.5. The zero-order valence-electron chi connectivity index (χ0n) is 16.7. The molecule has 0 radical (unpaired) electrons. The standard InChI is InChI=1S/C24H26N2O3/c1-2-16-6-5-7-18-20(14-25-24(16)18)19(13-23(27)26-10-3-4-11-26)17-8-9-21-22(12-17)29-15-28-21/h5-9,12,14,19,25H,2-4,10-11,13,15H2,1H3. The second-order valence-electron chi connectivity index (χ2n) is 7.89. The molecule has 150 valence electrons. The Morgan fingerprint density at radius 1 is 1.14 bits per heavy atom. The molecule has 1 unspecified atom stereocenters. The third-order valence-electron chi connectivity index (χ3n) is 6.23. The normalized spacial score (nSPS) is 16.5. The van der Waals surface area contributed by atoms with E-state index in [1.165, 1.54) is 22.0 Å². The number of benzene rings is 2. The Balaban J connectivity index is 1.57. The van der Waals surface area contributed by atoms with Crippen molar-refractivity contribution in [2.45, 2.75) is 38.5 Å². The van der Waals surface area contributed by atoms with Crippen LogP contribution in [-0.2, 0) is 11.2 Å². The molecule has 1 aromatic heterocycles. The lowest BCUT2D eigenvalue weighted by Crippen LogP contribution is -2.29. The maximum absolute atomic E-state index is 13.1. The highest BCUT2D eigenvalue weighted by Gasteiger charge is 2.27. The molecule has 0 saturated carbocycles. The summed E-state index contributed by atoms with van der Waals surface area (Å²) in [6.45, 7) is 4.17. The molecule has 2 aliphatic heterocycles. The molecule has 1 saturated heterocycles. The highest BCUT2D eigenvalue weighted by Crippen LogP contribution is 2.40. The van der Waals surface area contributed by atoms with Gasteiger partial charge in [-0.2, -0.15) is 0 Å². The van der Waals surface area contributed by atoms with Gasteiger partial charge in [0.05, 0.1) is 0 Å². The molecule has 5 nitrogen and oxygen atoms in total. The van der Waals surface area contributed by atoms with Gasteiger partial charge in [-0.3, -0.25) is 4.79 Å². The fourth-order valence-corrected chi connectivity index (χ4v) is 4.63. The van der Waals surface area contributed by atoms with Crippen molar-refractivity contribution >= 4 is 16.8 Å². The lowest BCUT2D eigenvalue weighted by atomic mass is 9.87. The minimum atomic E-state index is -0.0292. The van der Waals surface area contributed by atoms with Gasteiger partial charge in [-0.05, 0) is 48.1 Å². The van der Waals surface area contributed by atoms with E-state index in [0.29, 0.717) is 6.42 Å². The van der Waals surface area contributed by atoms with Crippen LogP contribution in [0.2, 0.25) is 0 Å². The summed E-state index contributed by atoms with van der Waals surface area (Å²) in [7, 11) is 0. The Morgan fingerprint density at radius 2 is 1.97 bits per heavy atom. The average Bonchev–Trinajstić information content (AvgIpc) is 3.51. The van der Waals surface area contributed by atoms with E-state index in [4.69, 9.17) is 9.47 Å². The highest BCUT2D eigenvalue weighted by atomic mass is 16.7. The summed E-state index contributed by atoms with van der Waals surface area (Å²) in [5, 5.41) is 1.20. The number of para-hydroxylation sites is 1. The topological polar surface area (TPSA) is 54.6 Å². The number of fused-ring (bicyclic) bond motifs is 2. The van der Waals surface area contributed by atoms with Gasteiger partial charge in [0.1, 0.15) is 0 Å². The SMILES string of the molecule is CCc1cccc2c(C(CC(=O)N3CCCC3)c3ccc4c(c3)OCO4)c[nH]c12. The number of carbonyl (C=O) groups is 1. The Hall–Kier alpha value is -2.95. The van der Waals surface area contributed by atoms with Crippen LogP contribution in [0.4, 0.5) is 0 Å². The van der Waals surface area contributed by atoms with Gasteiger partial charge in [0.25, 0.3) is 0 Å². The maximum atomic E-state index is 13.1.